The minimum atomic E-state index is -0.521. The van der Waals surface area contributed by atoms with E-state index in [0.29, 0.717) is 25.7 Å². The number of likely N-dealkylation sites (tertiary alicyclic amines) is 1. The maximum absolute atomic E-state index is 12.0. The van der Waals surface area contributed by atoms with E-state index in [9.17, 15) is 9.59 Å². The highest BCUT2D eigenvalue weighted by atomic mass is 16.5. The number of piperidine rings is 1. The number of carbonyl (C=O) groups excluding carboxylic acids is 2. The molecule has 2 saturated heterocycles. The van der Waals surface area contributed by atoms with E-state index < -0.39 is 5.41 Å². The van der Waals surface area contributed by atoms with Crippen molar-refractivity contribution in [2.75, 3.05) is 26.2 Å². The molecule has 0 unspecified atom stereocenters. The van der Waals surface area contributed by atoms with Gasteiger partial charge in [-0.25, -0.2) is 0 Å². The van der Waals surface area contributed by atoms with Gasteiger partial charge in [0.15, 0.2) is 0 Å². The normalized spacial score (nSPS) is 24.2. The van der Waals surface area contributed by atoms with Gasteiger partial charge in [0.2, 0.25) is 11.8 Å². The lowest BCUT2D eigenvalue weighted by Crippen LogP contribution is -2.35. The number of hydrogen-bond donors (Lipinski definition) is 1. The number of imide groups is 1. The zero-order valence-electron chi connectivity index (χ0n) is 11.9. The first kappa shape index (κ1) is 14.5. The summed E-state index contributed by atoms with van der Waals surface area (Å²) in [6, 6.07) is 0. The fourth-order valence-electron chi connectivity index (χ4n) is 2.69. The lowest BCUT2D eigenvalue weighted by atomic mass is 9.92. The summed E-state index contributed by atoms with van der Waals surface area (Å²) in [6.45, 7) is 6.82. The average molecular weight is 268 g/mol. The standard InChI is InChI=1S/C14H24N2O3/c1-14(2)10-12(17)16(13(14)18)8-3-9-19-11-4-6-15-7-5-11/h11,15H,3-10H2,1-2H3. The van der Waals surface area contributed by atoms with E-state index in [1.54, 1.807) is 0 Å². The quantitative estimate of drug-likeness (QED) is 0.595. The van der Waals surface area contributed by atoms with Gasteiger partial charge >= 0.3 is 0 Å². The Morgan fingerprint density at radius 1 is 1.32 bits per heavy atom. The molecule has 0 aromatic rings. The highest BCUT2D eigenvalue weighted by Gasteiger charge is 2.44. The molecule has 0 saturated carbocycles. The molecule has 0 aromatic heterocycles. The Morgan fingerprint density at radius 2 is 2.00 bits per heavy atom. The van der Waals surface area contributed by atoms with Crippen LogP contribution in [0.5, 0.6) is 0 Å². The van der Waals surface area contributed by atoms with Crippen molar-refractivity contribution in [1.82, 2.24) is 10.2 Å². The first-order valence-electron chi connectivity index (χ1n) is 7.18. The van der Waals surface area contributed by atoms with Crippen LogP contribution in [-0.4, -0.2) is 49.1 Å². The van der Waals surface area contributed by atoms with Gasteiger partial charge in [0.25, 0.3) is 0 Å². The molecule has 2 aliphatic rings. The van der Waals surface area contributed by atoms with Gasteiger partial charge in [-0.15, -0.1) is 0 Å². The second-order valence-electron chi connectivity index (χ2n) is 6.08. The number of nitrogens with zero attached hydrogens (tertiary/aromatic N) is 1. The van der Waals surface area contributed by atoms with Crippen LogP contribution in [0.3, 0.4) is 0 Å². The topological polar surface area (TPSA) is 58.6 Å². The fourth-order valence-corrected chi connectivity index (χ4v) is 2.69. The Balaban J connectivity index is 1.68. The van der Waals surface area contributed by atoms with Crippen molar-refractivity contribution in [2.45, 2.75) is 45.6 Å². The molecule has 0 bridgehead atoms. The Kier molecular flexibility index (Phi) is 4.58. The van der Waals surface area contributed by atoms with Crippen molar-refractivity contribution >= 4 is 11.8 Å². The summed E-state index contributed by atoms with van der Waals surface area (Å²) in [4.78, 5) is 25.1. The second-order valence-corrected chi connectivity index (χ2v) is 6.08. The molecular formula is C14H24N2O3. The molecule has 2 rings (SSSR count). The Labute approximate surface area is 114 Å². The SMILES string of the molecule is CC1(C)CC(=O)N(CCCOC2CCNCC2)C1=O. The van der Waals surface area contributed by atoms with E-state index in [1.807, 2.05) is 13.8 Å². The summed E-state index contributed by atoms with van der Waals surface area (Å²) in [5.41, 5.74) is -0.521. The molecule has 0 aromatic carbocycles. The number of ether oxygens (including phenoxy) is 1. The van der Waals surface area contributed by atoms with Crippen molar-refractivity contribution in [2.24, 2.45) is 5.41 Å². The molecule has 19 heavy (non-hydrogen) atoms. The Hall–Kier alpha value is -0.940. The van der Waals surface area contributed by atoms with Crippen LogP contribution < -0.4 is 5.32 Å². The molecule has 2 heterocycles. The molecule has 5 nitrogen and oxygen atoms in total. The molecule has 0 spiro atoms. The van der Waals surface area contributed by atoms with Gasteiger partial charge < -0.3 is 10.1 Å². The lowest BCUT2D eigenvalue weighted by molar-refractivity contribution is -0.141. The molecule has 0 radical (unpaired) electrons. The average Bonchev–Trinajstić information content (AvgIpc) is 2.57. The maximum Gasteiger partial charge on any atom is 0.235 e. The Morgan fingerprint density at radius 3 is 2.58 bits per heavy atom. The van der Waals surface area contributed by atoms with Crippen molar-refractivity contribution < 1.29 is 14.3 Å². The van der Waals surface area contributed by atoms with E-state index in [1.165, 1.54) is 4.90 Å². The second kappa shape index (κ2) is 6.01. The smallest absolute Gasteiger partial charge is 0.235 e. The van der Waals surface area contributed by atoms with Gasteiger partial charge in [-0.1, -0.05) is 13.8 Å². The van der Waals surface area contributed by atoms with Crippen LogP contribution in [0.1, 0.15) is 39.5 Å². The van der Waals surface area contributed by atoms with Crippen molar-refractivity contribution in [3.05, 3.63) is 0 Å². The summed E-state index contributed by atoms with van der Waals surface area (Å²) >= 11 is 0. The van der Waals surface area contributed by atoms with Gasteiger partial charge in [0.1, 0.15) is 0 Å². The van der Waals surface area contributed by atoms with E-state index in [2.05, 4.69) is 5.32 Å². The van der Waals surface area contributed by atoms with Crippen molar-refractivity contribution in [1.29, 1.82) is 0 Å². The summed E-state index contributed by atoms with van der Waals surface area (Å²) in [6.07, 6.45) is 3.50. The van der Waals surface area contributed by atoms with Crippen LogP contribution in [0.25, 0.3) is 0 Å². The third-order valence-corrected chi connectivity index (χ3v) is 3.88. The lowest BCUT2D eigenvalue weighted by Gasteiger charge is -2.23. The Bertz CT molecular complexity index is 349. The number of rotatable bonds is 5. The molecule has 1 N–H and O–H groups in total. The molecule has 0 atom stereocenters. The van der Waals surface area contributed by atoms with Crippen molar-refractivity contribution in [3.8, 4) is 0 Å². The molecule has 108 valence electrons. The van der Waals surface area contributed by atoms with E-state index in [0.717, 1.165) is 32.4 Å². The summed E-state index contributed by atoms with van der Waals surface area (Å²) in [5.74, 6) is -0.0868. The van der Waals surface area contributed by atoms with E-state index in [-0.39, 0.29) is 11.8 Å². The summed E-state index contributed by atoms with van der Waals surface area (Å²) < 4.78 is 5.78. The molecule has 2 amide bonds. The minimum Gasteiger partial charge on any atom is -0.378 e. The predicted molar refractivity (Wildman–Crippen MR) is 71.6 cm³/mol. The van der Waals surface area contributed by atoms with Crippen LogP contribution in [0.15, 0.2) is 0 Å². The first-order valence-corrected chi connectivity index (χ1v) is 7.18. The van der Waals surface area contributed by atoms with Crippen molar-refractivity contribution in [3.63, 3.8) is 0 Å². The fraction of sp³-hybridized carbons (Fsp3) is 0.857. The van der Waals surface area contributed by atoms with E-state index in [4.69, 9.17) is 4.74 Å². The summed E-state index contributed by atoms with van der Waals surface area (Å²) in [5, 5.41) is 3.29. The van der Waals surface area contributed by atoms with E-state index >= 15 is 0 Å². The van der Waals surface area contributed by atoms with Crippen LogP contribution in [0, 0.1) is 5.41 Å². The van der Waals surface area contributed by atoms with Crippen LogP contribution in [0.2, 0.25) is 0 Å². The number of amides is 2. The summed E-state index contributed by atoms with van der Waals surface area (Å²) in [7, 11) is 0. The van der Waals surface area contributed by atoms with Crippen LogP contribution in [0.4, 0.5) is 0 Å². The third-order valence-electron chi connectivity index (χ3n) is 3.88. The van der Waals surface area contributed by atoms with Crippen LogP contribution >= 0.6 is 0 Å². The van der Waals surface area contributed by atoms with Crippen LogP contribution in [-0.2, 0) is 14.3 Å². The number of nitrogens with one attached hydrogen (secondary N) is 1. The van der Waals surface area contributed by atoms with Gasteiger partial charge in [-0.3, -0.25) is 14.5 Å². The number of hydrogen-bond acceptors (Lipinski definition) is 4. The molecule has 2 fully saturated rings. The number of carbonyl (C=O) groups is 2. The molecular weight excluding hydrogens is 244 g/mol. The highest BCUT2D eigenvalue weighted by molar-refractivity contribution is 6.05. The molecule has 0 aliphatic carbocycles. The highest BCUT2D eigenvalue weighted by Crippen LogP contribution is 2.31. The third kappa shape index (κ3) is 3.54. The monoisotopic (exact) mass is 268 g/mol. The zero-order chi connectivity index (χ0) is 13.9. The van der Waals surface area contributed by atoms with Gasteiger partial charge in [-0.2, -0.15) is 0 Å². The predicted octanol–water partition coefficient (Wildman–Crippen LogP) is 0.930. The first-order chi connectivity index (χ1) is 9.00. The maximum atomic E-state index is 12.0. The minimum absolute atomic E-state index is 0.0423. The van der Waals surface area contributed by atoms with Gasteiger partial charge in [0.05, 0.1) is 11.5 Å². The zero-order valence-corrected chi connectivity index (χ0v) is 11.9. The molecule has 5 heteroatoms. The largest absolute Gasteiger partial charge is 0.378 e. The van der Waals surface area contributed by atoms with Gasteiger partial charge in [0, 0.05) is 19.6 Å². The van der Waals surface area contributed by atoms with Gasteiger partial charge in [-0.05, 0) is 32.4 Å². The molecule has 2 aliphatic heterocycles.